The molecule has 1 N–H and O–H groups in total. The zero-order valence-electron chi connectivity index (χ0n) is 16.2. The van der Waals surface area contributed by atoms with Gasteiger partial charge >= 0.3 is 0 Å². The van der Waals surface area contributed by atoms with Crippen LogP contribution < -0.4 is 15.0 Å². The van der Waals surface area contributed by atoms with Crippen molar-refractivity contribution in [3.05, 3.63) is 41.9 Å². The first-order valence-electron chi connectivity index (χ1n) is 9.38. The molecular weight excluding hydrogens is 342 g/mol. The van der Waals surface area contributed by atoms with E-state index in [-0.39, 0.29) is 5.91 Å². The van der Waals surface area contributed by atoms with E-state index < -0.39 is 0 Å². The monoisotopic (exact) mass is 369 g/mol. The number of carbonyl (C=O) groups excluding carboxylic acids is 1. The highest BCUT2D eigenvalue weighted by molar-refractivity contribution is 5.93. The smallest absolute Gasteiger partial charge is 0.272 e. The van der Waals surface area contributed by atoms with Crippen LogP contribution in [0, 0.1) is 6.92 Å². The first kappa shape index (κ1) is 18.9. The lowest BCUT2D eigenvalue weighted by Gasteiger charge is -2.36. The number of hydrogen-bond donors (Lipinski definition) is 1. The third-order valence-corrected chi connectivity index (χ3v) is 4.62. The van der Waals surface area contributed by atoms with Gasteiger partial charge < -0.3 is 19.9 Å². The number of nitrogens with one attached hydrogen (secondary N) is 1. The van der Waals surface area contributed by atoms with E-state index in [2.05, 4.69) is 39.2 Å². The van der Waals surface area contributed by atoms with Gasteiger partial charge in [-0.3, -0.25) is 4.79 Å². The molecule has 0 atom stereocenters. The number of hydrogen-bond acceptors (Lipinski definition) is 6. The fraction of sp³-hybridized carbons (Fsp3) is 0.450. The summed E-state index contributed by atoms with van der Waals surface area (Å²) in [5, 5.41) is 3.23. The van der Waals surface area contributed by atoms with Crippen LogP contribution >= 0.6 is 0 Å². The van der Waals surface area contributed by atoms with Crippen molar-refractivity contribution >= 4 is 17.4 Å². The van der Waals surface area contributed by atoms with Gasteiger partial charge in [0, 0.05) is 44.5 Å². The number of rotatable bonds is 6. The molecule has 1 amide bonds. The summed E-state index contributed by atoms with van der Waals surface area (Å²) in [7, 11) is 1.66. The molecule has 1 aliphatic heterocycles. The maximum Gasteiger partial charge on any atom is 0.272 e. The molecule has 1 aromatic carbocycles. The summed E-state index contributed by atoms with van der Waals surface area (Å²) in [6, 6.07) is 9.77. The molecule has 7 heteroatoms. The fourth-order valence-electron chi connectivity index (χ4n) is 3.14. The number of amides is 1. The third kappa shape index (κ3) is 4.67. The zero-order valence-corrected chi connectivity index (χ0v) is 16.2. The van der Waals surface area contributed by atoms with Crippen LogP contribution in [0.3, 0.4) is 0 Å². The maximum atomic E-state index is 12.9. The minimum atomic E-state index is -0.0329. The first-order valence-corrected chi connectivity index (χ1v) is 9.38. The number of piperazine rings is 1. The summed E-state index contributed by atoms with van der Waals surface area (Å²) in [6.07, 6.45) is 1.000. The fourth-order valence-corrected chi connectivity index (χ4v) is 3.14. The normalized spacial score (nSPS) is 14.2. The topological polar surface area (TPSA) is 70.6 Å². The highest BCUT2D eigenvalue weighted by atomic mass is 16.5. The van der Waals surface area contributed by atoms with E-state index in [9.17, 15) is 4.79 Å². The number of nitrogens with zero attached hydrogens (tertiary/aromatic N) is 4. The molecule has 3 rings (SSSR count). The van der Waals surface area contributed by atoms with Gasteiger partial charge in [-0.15, -0.1) is 0 Å². The van der Waals surface area contributed by atoms with Gasteiger partial charge in [-0.05, 0) is 37.6 Å². The van der Waals surface area contributed by atoms with Crippen LogP contribution in [-0.2, 0) is 0 Å². The van der Waals surface area contributed by atoms with E-state index in [0.717, 1.165) is 37.5 Å². The van der Waals surface area contributed by atoms with Crippen LogP contribution in [-0.4, -0.2) is 60.6 Å². The second-order valence-corrected chi connectivity index (χ2v) is 6.59. The van der Waals surface area contributed by atoms with Gasteiger partial charge in [0.25, 0.3) is 5.91 Å². The second-order valence-electron chi connectivity index (χ2n) is 6.59. The lowest BCUT2D eigenvalue weighted by molar-refractivity contribution is 0.0740. The van der Waals surface area contributed by atoms with Gasteiger partial charge in [-0.1, -0.05) is 6.92 Å². The van der Waals surface area contributed by atoms with Crippen molar-refractivity contribution in [2.24, 2.45) is 0 Å². The Morgan fingerprint density at radius 2 is 1.85 bits per heavy atom. The summed E-state index contributed by atoms with van der Waals surface area (Å²) in [5.41, 5.74) is 1.60. The SMILES string of the molecule is CCCNc1cc(C(=O)N2CCN(c3ccc(OC)cc3)CC2)nc(C)n1. The molecule has 0 saturated carbocycles. The first-order chi connectivity index (χ1) is 13.1. The standard InChI is InChI=1S/C20H27N5O2/c1-4-9-21-19-14-18(22-15(2)23-19)20(26)25-12-10-24(11-13-25)16-5-7-17(27-3)8-6-16/h5-8,14H,4,9-13H2,1-3H3,(H,21,22,23). The molecule has 1 aromatic heterocycles. The van der Waals surface area contributed by atoms with Gasteiger partial charge in [0.2, 0.25) is 0 Å². The Labute approximate surface area is 160 Å². The highest BCUT2D eigenvalue weighted by Gasteiger charge is 2.24. The summed E-state index contributed by atoms with van der Waals surface area (Å²) in [4.78, 5) is 25.7. The lowest BCUT2D eigenvalue weighted by atomic mass is 10.2. The van der Waals surface area contributed by atoms with Crippen LogP contribution in [0.15, 0.2) is 30.3 Å². The average Bonchev–Trinajstić information content (AvgIpc) is 2.71. The molecule has 7 nitrogen and oxygen atoms in total. The largest absolute Gasteiger partial charge is 0.497 e. The number of ether oxygens (including phenoxy) is 1. The molecule has 2 aromatic rings. The van der Waals surface area contributed by atoms with Crippen LogP contribution in [0.1, 0.15) is 29.7 Å². The van der Waals surface area contributed by atoms with Gasteiger partial charge in [0.1, 0.15) is 23.1 Å². The quantitative estimate of drug-likeness (QED) is 0.844. The Bertz CT molecular complexity index is 770. The molecule has 1 aliphatic rings. The van der Waals surface area contributed by atoms with Crippen LogP contribution in [0.2, 0.25) is 0 Å². The Hall–Kier alpha value is -2.83. The number of aryl methyl sites for hydroxylation is 1. The number of benzene rings is 1. The molecule has 1 saturated heterocycles. The summed E-state index contributed by atoms with van der Waals surface area (Å²) in [6.45, 7) is 7.67. The molecule has 144 valence electrons. The van der Waals surface area contributed by atoms with Crippen molar-refractivity contribution in [1.29, 1.82) is 0 Å². The van der Waals surface area contributed by atoms with Crippen molar-refractivity contribution < 1.29 is 9.53 Å². The Morgan fingerprint density at radius 1 is 1.15 bits per heavy atom. The van der Waals surface area contributed by atoms with E-state index in [1.165, 1.54) is 0 Å². The summed E-state index contributed by atoms with van der Waals surface area (Å²) in [5.74, 6) is 2.13. The molecule has 27 heavy (non-hydrogen) atoms. The number of anilines is 2. The predicted octanol–water partition coefficient (Wildman–Crippen LogP) is 2.58. The van der Waals surface area contributed by atoms with Gasteiger partial charge in [-0.2, -0.15) is 0 Å². The average molecular weight is 369 g/mol. The summed E-state index contributed by atoms with van der Waals surface area (Å²) >= 11 is 0. The minimum Gasteiger partial charge on any atom is -0.497 e. The molecule has 0 unspecified atom stereocenters. The van der Waals surface area contributed by atoms with Crippen molar-refractivity contribution in [2.45, 2.75) is 20.3 Å². The van der Waals surface area contributed by atoms with E-state index in [4.69, 9.17) is 4.74 Å². The van der Waals surface area contributed by atoms with Gasteiger partial charge in [-0.25, -0.2) is 9.97 Å². The summed E-state index contributed by atoms with van der Waals surface area (Å²) < 4.78 is 5.21. The van der Waals surface area contributed by atoms with Crippen molar-refractivity contribution in [3.8, 4) is 5.75 Å². The second kappa shape index (κ2) is 8.70. The Balaban J connectivity index is 1.63. The predicted molar refractivity (Wildman–Crippen MR) is 107 cm³/mol. The number of methoxy groups -OCH3 is 1. The van der Waals surface area contributed by atoms with E-state index in [0.29, 0.717) is 30.4 Å². The molecular formula is C20H27N5O2. The van der Waals surface area contributed by atoms with E-state index >= 15 is 0 Å². The van der Waals surface area contributed by atoms with Crippen LogP contribution in [0.25, 0.3) is 0 Å². The van der Waals surface area contributed by atoms with Crippen molar-refractivity contribution in [3.63, 3.8) is 0 Å². The zero-order chi connectivity index (χ0) is 19.2. The number of aromatic nitrogens is 2. The Kier molecular flexibility index (Phi) is 6.11. The van der Waals surface area contributed by atoms with E-state index in [1.54, 1.807) is 13.2 Å². The van der Waals surface area contributed by atoms with Gasteiger partial charge in [0.15, 0.2) is 0 Å². The molecule has 0 spiro atoms. The highest BCUT2D eigenvalue weighted by Crippen LogP contribution is 2.21. The van der Waals surface area contributed by atoms with Gasteiger partial charge in [0.05, 0.1) is 7.11 Å². The minimum absolute atomic E-state index is 0.0329. The van der Waals surface area contributed by atoms with E-state index in [1.807, 2.05) is 24.0 Å². The number of carbonyl (C=O) groups is 1. The molecule has 0 radical (unpaired) electrons. The lowest BCUT2D eigenvalue weighted by Crippen LogP contribution is -2.49. The van der Waals surface area contributed by atoms with Crippen LogP contribution in [0.5, 0.6) is 5.75 Å². The maximum absolute atomic E-state index is 12.9. The molecule has 2 heterocycles. The molecule has 0 aliphatic carbocycles. The molecule has 1 fully saturated rings. The Morgan fingerprint density at radius 3 is 2.48 bits per heavy atom. The third-order valence-electron chi connectivity index (χ3n) is 4.62. The van der Waals surface area contributed by atoms with Crippen molar-refractivity contribution in [2.75, 3.05) is 50.1 Å². The van der Waals surface area contributed by atoms with Crippen LogP contribution in [0.4, 0.5) is 11.5 Å². The van der Waals surface area contributed by atoms with Crippen molar-refractivity contribution in [1.82, 2.24) is 14.9 Å². The molecule has 0 bridgehead atoms.